The highest BCUT2D eigenvalue weighted by molar-refractivity contribution is 7.98. The summed E-state index contributed by atoms with van der Waals surface area (Å²) in [7, 11) is 0. The molecule has 122 valence electrons. The summed E-state index contributed by atoms with van der Waals surface area (Å²) in [5.41, 5.74) is 0. The number of amides is 2. The Morgan fingerprint density at radius 3 is 2.76 bits per heavy atom. The first-order valence-electron chi connectivity index (χ1n) is 7.35. The fraction of sp³-hybridized carbons (Fsp3) is 0.857. The number of hydrogen-bond acceptors (Lipinski definition) is 4. The average molecular weight is 318 g/mol. The standard InChI is InChI=1S/C14H26N2O4S/c1-4-5-16(12-8-20-7-11(12)13(17)18)14(19)15-6-10(2)9-21-3/h10-12H,4-9H2,1-3H3,(H,15,19)(H,17,18). The molecular weight excluding hydrogens is 292 g/mol. The Labute approximate surface area is 130 Å². The van der Waals surface area contributed by atoms with E-state index in [-0.39, 0.29) is 18.7 Å². The SMILES string of the molecule is CCCN(C(=O)NCC(C)CSC)C1COCC1C(=O)O. The summed E-state index contributed by atoms with van der Waals surface area (Å²) in [6, 6.07) is -0.565. The van der Waals surface area contributed by atoms with Crippen molar-refractivity contribution in [3.63, 3.8) is 0 Å². The van der Waals surface area contributed by atoms with Crippen LogP contribution in [0.1, 0.15) is 20.3 Å². The third kappa shape index (κ3) is 5.39. The van der Waals surface area contributed by atoms with Gasteiger partial charge in [0.25, 0.3) is 0 Å². The maximum Gasteiger partial charge on any atom is 0.317 e. The van der Waals surface area contributed by atoms with E-state index >= 15 is 0 Å². The van der Waals surface area contributed by atoms with Gasteiger partial charge >= 0.3 is 12.0 Å². The highest BCUT2D eigenvalue weighted by Crippen LogP contribution is 2.20. The number of carboxylic acid groups (broad SMARTS) is 1. The Morgan fingerprint density at radius 2 is 2.19 bits per heavy atom. The molecule has 0 bridgehead atoms. The monoisotopic (exact) mass is 318 g/mol. The summed E-state index contributed by atoms with van der Waals surface area (Å²) in [4.78, 5) is 25.2. The van der Waals surface area contributed by atoms with Gasteiger partial charge in [-0.15, -0.1) is 0 Å². The van der Waals surface area contributed by atoms with Crippen molar-refractivity contribution in [3.8, 4) is 0 Å². The lowest BCUT2D eigenvalue weighted by molar-refractivity contribution is -0.142. The number of nitrogens with zero attached hydrogens (tertiary/aromatic N) is 1. The van der Waals surface area contributed by atoms with E-state index in [4.69, 9.17) is 4.74 Å². The second-order valence-corrected chi connectivity index (χ2v) is 6.40. The van der Waals surface area contributed by atoms with Gasteiger partial charge in [0.1, 0.15) is 5.92 Å². The molecule has 0 aliphatic carbocycles. The van der Waals surface area contributed by atoms with Crippen LogP contribution in [0.4, 0.5) is 4.79 Å². The van der Waals surface area contributed by atoms with Crippen LogP contribution in [0.25, 0.3) is 0 Å². The van der Waals surface area contributed by atoms with E-state index in [9.17, 15) is 14.7 Å². The number of carbonyl (C=O) groups excluding carboxylic acids is 1. The topological polar surface area (TPSA) is 78.9 Å². The molecule has 7 heteroatoms. The number of aliphatic carboxylic acids is 1. The molecule has 1 heterocycles. The van der Waals surface area contributed by atoms with Gasteiger partial charge in [0.05, 0.1) is 19.3 Å². The zero-order valence-electron chi connectivity index (χ0n) is 13.0. The first kappa shape index (κ1) is 18.1. The molecule has 21 heavy (non-hydrogen) atoms. The number of rotatable bonds is 8. The minimum absolute atomic E-state index is 0.177. The van der Waals surface area contributed by atoms with Gasteiger partial charge in [0.15, 0.2) is 0 Å². The molecule has 6 nitrogen and oxygen atoms in total. The van der Waals surface area contributed by atoms with E-state index < -0.39 is 11.9 Å². The normalized spacial score (nSPS) is 22.8. The molecule has 1 saturated heterocycles. The number of thioether (sulfide) groups is 1. The Bertz CT molecular complexity index is 354. The molecule has 0 aromatic rings. The summed E-state index contributed by atoms with van der Waals surface area (Å²) in [5.74, 6) is -0.158. The van der Waals surface area contributed by atoms with Gasteiger partial charge in [-0.2, -0.15) is 11.8 Å². The average Bonchev–Trinajstić information content (AvgIpc) is 2.91. The number of ether oxygens (including phenoxy) is 1. The molecule has 0 aromatic heterocycles. The van der Waals surface area contributed by atoms with Crippen LogP contribution in [-0.4, -0.2) is 66.4 Å². The molecule has 3 unspecified atom stereocenters. The lowest BCUT2D eigenvalue weighted by Crippen LogP contribution is -2.51. The molecule has 1 fully saturated rings. The Morgan fingerprint density at radius 1 is 1.48 bits per heavy atom. The quantitative estimate of drug-likeness (QED) is 0.709. The molecule has 0 spiro atoms. The maximum atomic E-state index is 12.4. The van der Waals surface area contributed by atoms with Gasteiger partial charge in [-0.3, -0.25) is 4.79 Å². The second kappa shape index (κ2) is 9.15. The molecule has 1 aliphatic heterocycles. The van der Waals surface area contributed by atoms with Gasteiger partial charge < -0.3 is 20.1 Å². The first-order chi connectivity index (χ1) is 10.0. The Hall–Kier alpha value is -0.950. The fourth-order valence-electron chi connectivity index (χ4n) is 2.45. The van der Waals surface area contributed by atoms with E-state index in [1.807, 2.05) is 13.2 Å². The summed E-state index contributed by atoms with van der Waals surface area (Å²) >= 11 is 1.75. The molecule has 1 rings (SSSR count). The van der Waals surface area contributed by atoms with Crippen LogP contribution in [0.3, 0.4) is 0 Å². The number of nitrogens with one attached hydrogen (secondary N) is 1. The van der Waals surface area contributed by atoms with E-state index in [1.54, 1.807) is 16.7 Å². The fourth-order valence-corrected chi connectivity index (χ4v) is 3.14. The number of urea groups is 1. The maximum absolute atomic E-state index is 12.4. The van der Waals surface area contributed by atoms with Crippen LogP contribution in [0.5, 0.6) is 0 Å². The van der Waals surface area contributed by atoms with Gasteiger partial charge in [-0.1, -0.05) is 13.8 Å². The molecular formula is C14H26N2O4S. The van der Waals surface area contributed by atoms with Crippen molar-refractivity contribution >= 4 is 23.8 Å². The zero-order valence-corrected chi connectivity index (χ0v) is 13.8. The van der Waals surface area contributed by atoms with E-state index in [2.05, 4.69) is 12.2 Å². The lowest BCUT2D eigenvalue weighted by atomic mass is 10.0. The van der Waals surface area contributed by atoms with Gasteiger partial charge in [0, 0.05) is 13.1 Å². The van der Waals surface area contributed by atoms with Crippen molar-refractivity contribution in [1.29, 1.82) is 0 Å². The summed E-state index contributed by atoms with van der Waals surface area (Å²) in [6.07, 6.45) is 2.83. The van der Waals surface area contributed by atoms with E-state index in [1.165, 1.54) is 0 Å². The lowest BCUT2D eigenvalue weighted by Gasteiger charge is -2.30. The summed E-state index contributed by atoms with van der Waals surface area (Å²) < 4.78 is 5.27. The number of carbonyl (C=O) groups is 2. The van der Waals surface area contributed by atoms with Crippen molar-refractivity contribution < 1.29 is 19.4 Å². The second-order valence-electron chi connectivity index (χ2n) is 5.49. The highest BCUT2D eigenvalue weighted by atomic mass is 32.2. The van der Waals surface area contributed by atoms with Crippen LogP contribution in [0.2, 0.25) is 0 Å². The smallest absolute Gasteiger partial charge is 0.317 e. The molecule has 2 N–H and O–H groups in total. The Balaban J connectivity index is 2.63. The van der Waals surface area contributed by atoms with Crippen molar-refractivity contribution in [2.24, 2.45) is 11.8 Å². The van der Waals surface area contributed by atoms with Crippen LogP contribution in [-0.2, 0) is 9.53 Å². The molecule has 0 aromatic carbocycles. The zero-order chi connectivity index (χ0) is 15.8. The van der Waals surface area contributed by atoms with Crippen molar-refractivity contribution in [3.05, 3.63) is 0 Å². The molecule has 0 radical (unpaired) electrons. The van der Waals surface area contributed by atoms with Crippen molar-refractivity contribution in [2.75, 3.05) is 38.3 Å². The number of carboxylic acids is 1. The Kier molecular flexibility index (Phi) is 7.88. The molecule has 3 atom stereocenters. The minimum atomic E-state index is -0.901. The molecule has 1 aliphatic rings. The molecule has 2 amide bonds. The predicted octanol–water partition coefficient (Wildman–Crippen LogP) is 1.51. The first-order valence-corrected chi connectivity index (χ1v) is 8.74. The number of hydrogen-bond donors (Lipinski definition) is 2. The van der Waals surface area contributed by atoms with E-state index in [0.29, 0.717) is 25.6 Å². The van der Waals surface area contributed by atoms with Crippen LogP contribution < -0.4 is 5.32 Å². The summed E-state index contributed by atoms with van der Waals surface area (Å²) in [6.45, 7) is 5.68. The van der Waals surface area contributed by atoms with Crippen molar-refractivity contribution in [1.82, 2.24) is 10.2 Å². The van der Waals surface area contributed by atoms with E-state index in [0.717, 1.165) is 12.2 Å². The largest absolute Gasteiger partial charge is 0.481 e. The minimum Gasteiger partial charge on any atom is -0.481 e. The summed E-state index contributed by atoms with van der Waals surface area (Å²) in [5, 5.41) is 12.1. The third-order valence-corrected chi connectivity index (χ3v) is 4.45. The molecule has 0 saturated carbocycles. The van der Waals surface area contributed by atoms with Gasteiger partial charge in [0.2, 0.25) is 0 Å². The third-order valence-electron chi connectivity index (χ3n) is 3.55. The predicted molar refractivity (Wildman–Crippen MR) is 83.7 cm³/mol. The van der Waals surface area contributed by atoms with Crippen molar-refractivity contribution in [2.45, 2.75) is 26.3 Å². The van der Waals surface area contributed by atoms with Crippen LogP contribution in [0, 0.1) is 11.8 Å². The van der Waals surface area contributed by atoms with Crippen LogP contribution >= 0.6 is 11.8 Å². The van der Waals surface area contributed by atoms with Gasteiger partial charge in [-0.05, 0) is 24.3 Å². The van der Waals surface area contributed by atoms with Crippen LogP contribution in [0.15, 0.2) is 0 Å². The highest BCUT2D eigenvalue weighted by Gasteiger charge is 2.39. The van der Waals surface area contributed by atoms with Gasteiger partial charge in [-0.25, -0.2) is 4.79 Å².